The molecule has 0 saturated heterocycles. The average Bonchev–Trinajstić information content (AvgIpc) is 3.22. The summed E-state index contributed by atoms with van der Waals surface area (Å²) in [6, 6.07) is 17.3. The van der Waals surface area contributed by atoms with E-state index in [1.165, 1.54) is 22.3 Å². The number of aromatic nitrogens is 2. The molecule has 3 heterocycles. The third-order valence-electron chi connectivity index (χ3n) is 6.89. The maximum atomic E-state index is 6.74. The zero-order valence-corrected chi connectivity index (χ0v) is 18.6. The van der Waals surface area contributed by atoms with Crippen molar-refractivity contribution in [3.8, 4) is 22.4 Å². The Kier molecular flexibility index (Phi) is 3.57. The quantitative estimate of drug-likeness (QED) is 0.302. The predicted molar refractivity (Wildman–Crippen MR) is 125 cm³/mol. The zero-order chi connectivity index (χ0) is 21.5. The van der Waals surface area contributed by atoms with Gasteiger partial charge in [0.05, 0.1) is 11.3 Å². The van der Waals surface area contributed by atoms with Gasteiger partial charge in [-0.2, -0.15) is 0 Å². The number of hydrogen-bond donors (Lipinski definition) is 0. The monoisotopic (exact) mass is 405 g/mol. The Balaban J connectivity index is 1.75. The summed E-state index contributed by atoms with van der Waals surface area (Å²) in [5.41, 5.74) is 11.3. The highest BCUT2D eigenvalue weighted by Gasteiger charge is 2.39. The van der Waals surface area contributed by atoms with Gasteiger partial charge in [-0.25, -0.2) is 4.57 Å². The molecular formula is C28H25N2O+. The minimum absolute atomic E-state index is 0.138. The third kappa shape index (κ3) is 2.35. The summed E-state index contributed by atoms with van der Waals surface area (Å²) in [6.07, 6.45) is 4.16. The Labute approximate surface area is 182 Å². The first-order valence-corrected chi connectivity index (χ1v) is 10.8. The van der Waals surface area contributed by atoms with Crippen molar-refractivity contribution >= 4 is 21.9 Å². The van der Waals surface area contributed by atoms with Crippen molar-refractivity contribution in [1.82, 2.24) is 4.98 Å². The van der Waals surface area contributed by atoms with Gasteiger partial charge in [0.2, 0.25) is 5.69 Å². The van der Waals surface area contributed by atoms with Crippen LogP contribution in [0.1, 0.15) is 36.2 Å². The molecule has 0 N–H and O–H groups in total. The van der Waals surface area contributed by atoms with Crippen molar-refractivity contribution in [1.29, 1.82) is 0 Å². The number of fused-ring (bicyclic) bond motifs is 7. The van der Waals surface area contributed by atoms with Crippen LogP contribution in [-0.2, 0) is 12.5 Å². The fourth-order valence-electron chi connectivity index (χ4n) is 5.32. The molecule has 0 aliphatic heterocycles. The van der Waals surface area contributed by atoms with Crippen molar-refractivity contribution in [2.24, 2.45) is 7.05 Å². The highest BCUT2D eigenvalue weighted by Crippen LogP contribution is 2.51. The van der Waals surface area contributed by atoms with Gasteiger partial charge in [-0.15, -0.1) is 0 Å². The molecule has 6 rings (SSSR count). The molecule has 3 nitrogen and oxygen atoms in total. The number of pyridine rings is 2. The van der Waals surface area contributed by atoms with Crippen molar-refractivity contribution < 1.29 is 8.98 Å². The topological polar surface area (TPSA) is 29.9 Å². The molecular weight excluding hydrogens is 380 g/mol. The molecule has 0 saturated carbocycles. The molecule has 3 aromatic heterocycles. The third-order valence-corrected chi connectivity index (χ3v) is 6.89. The Morgan fingerprint density at radius 1 is 0.871 bits per heavy atom. The molecule has 0 radical (unpaired) electrons. The number of furan rings is 1. The SMILES string of the molecule is Cc1ccc(-c2c(C)ccc3c2oc2c4c(ncc23)C(C)(C)c2ccccc2-4)[n+](C)c1. The maximum Gasteiger partial charge on any atom is 0.216 e. The second-order valence-corrected chi connectivity index (χ2v) is 9.33. The van der Waals surface area contributed by atoms with E-state index >= 15 is 0 Å². The van der Waals surface area contributed by atoms with E-state index in [1.54, 1.807) is 0 Å². The maximum absolute atomic E-state index is 6.74. The smallest absolute Gasteiger partial charge is 0.216 e. The molecule has 0 bridgehead atoms. The van der Waals surface area contributed by atoms with E-state index in [4.69, 9.17) is 9.40 Å². The van der Waals surface area contributed by atoms with Crippen LogP contribution in [0.25, 0.3) is 44.3 Å². The number of rotatable bonds is 1. The summed E-state index contributed by atoms with van der Waals surface area (Å²) in [4.78, 5) is 4.97. The summed E-state index contributed by atoms with van der Waals surface area (Å²) in [7, 11) is 2.10. The first-order valence-electron chi connectivity index (χ1n) is 10.8. The van der Waals surface area contributed by atoms with E-state index < -0.39 is 0 Å². The average molecular weight is 406 g/mol. The largest absolute Gasteiger partial charge is 0.454 e. The summed E-state index contributed by atoms with van der Waals surface area (Å²) in [6.45, 7) is 8.78. The molecule has 0 unspecified atom stereocenters. The molecule has 0 amide bonds. The van der Waals surface area contributed by atoms with Crippen molar-refractivity contribution in [2.45, 2.75) is 33.1 Å². The number of benzene rings is 2. The second-order valence-electron chi connectivity index (χ2n) is 9.33. The fraction of sp³-hybridized carbons (Fsp3) is 0.214. The molecule has 5 aromatic rings. The molecule has 3 heteroatoms. The Morgan fingerprint density at radius 3 is 2.45 bits per heavy atom. The van der Waals surface area contributed by atoms with Gasteiger partial charge in [0.1, 0.15) is 18.2 Å². The Morgan fingerprint density at radius 2 is 1.65 bits per heavy atom. The van der Waals surface area contributed by atoms with Crippen LogP contribution in [0.2, 0.25) is 0 Å². The van der Waals surface area contributed by atoms with Crippen molar-refractivity contribution in [2.75, 3.05) is 0 Å². The van der Waals surface area contributed by atoms with Crippen LogP contribution in [0.15, 0.2) is 65.3 Å². The first-order chi connectivity index (χ1) is 14.9. The van der Waals surface area contributed by atoms with Gasteiger partial charge < -0.3 is 4.42 Å². The van der Waals surface area contributed by atoms with Crippen LogP contribution in [-0.4, -0.2) is 4.98 Å². The first kappa shape index (κ1) is 18.3. The van der Waals surface area contributed by atoms with Gasteiger partial charge in [-0.3, -0.25) is 4.98 Å². The number of hydrogen-bond acceptors (Lipinski definition) is 2. The van der Waals surface area contributed by atoms with Gasteiger partial charge in [0, 0.05) is 39.6 Å². The molecule has 1 aliphatic carbocycles. The Bertz CT molecular complexity index is 1540. The van der Waals surface area contributed by atoms with E-state index in [-0.39, 0.29) is 5.41 Å². The van der Waals surface area contributed by atoms with Crippen LogP contribution in [0.3, 0.4) is 0 Å². The van der Waals surface area contributed by atoms with E-state index in [1.807, 2.05) is 6.20 Å². The van der Waals surface area contributed by atoms with Gasteiger partial charge in [0.25, 0.3) is 0 Å². The molecule has 0 spiro atoms. The van der Waals surface area contributed by atoms with Crippen molar-refractivity contribution in [3.05, 3.63) is 83.3 Å². The summed E-state index contributed by atoms with van der Waals surface area (Å²) < 4.78 is 8.93. The van der Waals surface area contributed by atoms with E-state index in [2.05, 4.69) is 94.0 Å². The lowest BCUT2D eigenvalue weighted by molar-refractivity contribution is -0.660. The fourth-order valence-corrected chi connectivity index (χ4v) is 5.32. The molecule has 31 heavy (non-hydrogen) atoms. The minimum Gasteiger partial charge on any atom is -0.454 e. The lowest BCUT2D eigenvalue weighted by Crippen LogP contribution is -2.31. The predicted octanol–water partition coefficient (Wildman–Crippen LogP) is 6.40. The Hall–Kier alpha value is -3.46. The number of nitrogens with zero attached hydrogens (tertiary/aromatic N) is 2. The zero-order valence-electron chi connectivity index (χ0n) is 18.6. The van der Waals surface area contributed by atoms with Crippen molar-refractivity contribution in [3.63, 3.8) is 0 Å². The summed E-state index contributed by atoms with van der Waals surface area (Å²) in [5, 5.41) is 2.20. The lowest BCUT2D eigenvalue weighted by Gasteiger charge is -2.19. The highest BCUT2D eigenvalue weighted by molar-refractivity contribution is 6.14. The van der Waals surface area contributed by atoms with E-state index in [9.17, 15) is 0 Å². The highest BCUT2D eigenvalue weighted by atomic mass is 16.3. The van der Waals surface area contributed by atoms with Gasteiger partial charge in [-0.05, 0) is 36.6 Å². The minimum atomic E-state index is -0.138. The van der Waals surface area contributed by atoms with Crippen LogP contribution in [0.4, 0.5) is 0 Å². The van der Waals surface area contributed by atoms with Gasteiger partial charge >= 0.3 is 0 Å². The molecule has 0 atom stereocenters. The second kappa shape index (κ2) is 6.04. The van der Waals surface area contributed by atoms with Gasteiger partial charge in [0.15, 0.2) is 6.20 Å². The number of aryl methyl sites for hydroxylation is 3. The summed E-state index contributed by atoms with van der Waals surface area (Å²) >= 11 is 0. The normalized spacial score (nSPS) is 14.2. The van der Waals surface area contributed by atoms with Crippen LogP contribution >= 0.6 is 0 Å². The lowest BCUT2D eigenvalue weighted by atomic mass is 9.85. The van der Waals surface area contributed by atoms with E-state index in [0.29, 0.717) is 0 Å². The molecule has 152 valence electrons. The standard InChI is InChI=1S/C28H25N2O/c1-16-10-13-22(30(5)15-16)23-17(2)11-12-18-20-14-29-27-24(26(20)31-25(18)23)19-8-6-7-9-21(19)28(27,3)4/h6-15H,1-5H3/q+1. The van der Waals surface area contributed by atoms with E-state index in [0.717, 1.165) is 44.5 Å². The molecule has 2 aromatic carbocycles. The van der Waals surface area contributed by atoms with Crippen LogP contribution in [0, 0.1) is 13.8 Å². The molecule has 1 aliphatic rings. The summed E-state index contributed by atoms with van der Waals surface area (Å²) in [5.74, 6) is 0. The van der Waals surface area contributed by atoms with Gasteiger partial charge in [-0.1, -0.05) is 50.2 Å². The molecule has 0 fully saturated rings. The van der Waals surface area contributed by atoms with Crippen LogP contribution < -0.4 is 4.57 Å². The van der Waals surface area contributed by atoms with Crippen LogP contribution in [0.5, 0.6) is 0 Å².